The van der Waals surface area contributed by atoms with Gasteiger partial charge in [0, 0.05) is 18.7 Å². The van der Waals surface area contributed by atoms with Gasteiger partial charge in [0.05, 0.1) is 30.6 Å². The van der Waals surface area contributed by atoms with Gasteiger partial charge in [0.2, 0.25) is 0 Å². The summed E-state index contributed by atoms with van der Waals surface area (Å²) in [6.07, 6.45) is -3.60. The number of rotatable bonds is 6. The van der Waals surface area contributed by atoms with E-state index < -0.39 is 29.7 Å². The van der Waals surface area contributed by atoms with E-state index in [1.165, 1.54) is 36.1 Å². The van der Waals surface area contributed by atoms with Crippen LogP contribution in [0.2, 0.25) is 0 Å². The number of esters is 1. The average Bonchev–Trinajstić information content (AvgIpc) is 3.26. The van der Waals surface area contributed by atoms with Gasteiger partial charge in [-0.15, -0.1) is 0 Å². The summed E-state index contributed by atoms with van der Waals surface area (Å²) in [5.41, 5.74) is 0.550. The summed E-state index contributed by atoms with van der Waals surface area (Å²) in [6.45, 7) is 1.72. The van der Waals surface area contributed by atoms with Gasteiger partial charge in [0.1, 0.15) is 5.82 Å². The van der Waals surface area contributed by atoms with E-state index in [0.717, 1.165) is 6.20 Å². The number of piperidine rings is 1. The van der Waals surface area contributed by atoms with Crippen LogP contribution in [0.4, 0.5) is 24.0 Å². The van der Waals surface area contributed by atoms with Crippen molar-refractivity contribution in [1.29, 1.82) is 0 Å². The summed E-state index contributed by atoms with van der Waals surface area (Å²) in [4.78, 5) is 34.5. The Bertz CT molecular complexity index is 1290. The topological polar surface area (TPSA) is 118 Å². The Balaban J connectivity index is 1.54. The third-order valence-electron chi connectivity index (χ3n) is 5.93. The number of hydrogen-bond donors (Lipinski definition) is 1. The molecule has 0 spiro atoms. The maximum Gasteiger partial charge on any atom is 0.502 e. The number of benzene rings is 1. The molecule has 3 aliphatic rings. The summed E-state index contributed by atoms with van der Waals surface area (Å²) in [5.74, 6) is -2.85. The number of hydrogen-bond acceptors (Lipinski definition) is 8. The predicted molar refractivity (Wildman–Crippen MR) is 114 cm³/mol. The van der Waals surface area contributed by atoms with Gasteiger partial charge in [-0.1, -0.05) is 0 Å². The second-order valence-electron chi connectivity index (χ2n) is 8.12. The lowest BCUT2D eigenvalue weighted by Gasteiger charge is -2.54. The minimum atomic E-state index is -4.29. The van der Waals surface area contributed by atoms with Crippen LogP contribution >= 0.6 is 0 Å². The Morgan fingerprint density at radius 3 is 2.60 bits per heavy atom. The SMILES string of the molecule is CCOC(=O)C(F)(F)Oc1ccc(-c2ccc(F)cn2)c2oc(N3CC4CC(C3)N4C(=O)O)nc12. The number of aromatic nitrogens is 2. The lowest BCUT2D eigenvalue weighted by Crippen LogP contribution is -2.70. The van der Waals surface area contributed by atoms with Gasteiger partial charge in [-0.2, -0.15) is 13.8 Å². The summed E-state index contributed by atoms with van der Waals surface area (Å²) in [5, 5.41) is 9.33. The molecule has 13 heteroatoms. The van der Waals surface area contributed by atoms with Crippen LogP contribution in [-0.2, 0) is 9.53 Å². The number of halogens is 3. The van der Waals surface area contributed by atoms with Crippen molar-refractivity contribution in [3.05, 3.63) is 36.3 Å². The van der Waals surface area contributed by atoms with E-state index in [-0.39, 0.29) is 35.8 Å². The fraction of sp³-hybridized carbons (Fsp3) is 0.364. The first-order valence-electron chi connectivity index (χ1n) is 10.7. The Morgan fingerprint density at radius 2 is 1.97 bits per heavy atom. The molecule has 3 saturated heterocycles. The van der Waals surface area contributed by atoms with Crippen LogP contribution in [0.1, 0.15) is 13.3 Å². The molecule has 1 aromatic carbocycles. The fourth-order valence-corrected chi connectivity index (χ4v) is 4.40. The molecular formula is C22H19F3N4O6. The number of carbonyl (C=O) groups is 2. The maximum absolute atomic E-state index is 14.3. The first-order valence-corrected chi connectivity index (χ1v) is 10.7. The third kappa shape index (κ3) is 3.96. The van der Waals surface area contributed by atoms with Crippen molar-refractivity contribution in [2.75, 3.05) is 24.6 Å². The number of carbonyl (C=O) groups excluding carboxylic acids is 1. The first kappa shape index (κ1) is 22.7. The van der Waals surface area contributed by atoms with E-state index in [0.29, 0.717) is 30.8 Å². The maximum atomic E-state index is 14.3. The number of fused-ring (bicyclic) bond motifs is 3. The number of piperazine rings is 1. The van der Waals surface area contributed by atoms with Crippen LogP contribution in [0.3, 0.4) is 0 Å². The number of nitrogens with zero attached hydrogens (tertiary/aromatic N) is 4. The normalized spacial score (nSPS) is 19.4. The van der Waals surface area contributed by atoms with Crippen LogP contribution in [0.25, 0.3) is 22.4 Å². The highest BCUT2D eigenvalue weighted by atomic mass is 19.3. The molecule has 10 nitrogen and oxygen atoms in total. The molecule has 184 valence electrons. The Hall–Kier alpha value is -4.03. The van der Waals surface area contributed by atoms with Crippen molar-refractivity contribution in [1.82, 2.24) is 14.9 Å². The highest BCUT2D eigenvalue weighted by Gasteiger charge is 2.49. The van der Waals surface area contributed by atoms with Crippen LogP contribution in [0.15, 0.2) is 34.9 Å². The molecule has 2 unspecified atom stereocenters. The number of oxazole rings is 1. The number of alkyl halides is 2. The van der Waals surface area contributed by atoms with Gasteiger partial charge in [0.25, 0.3) is 6.01 Å². The summed E-state index contributed by atoms with van der Waals surface area (Å²) < 4.78 is 57.1. The zero-order valence-corrected chi connectivity index (χ0v) is 18.3. The van der Waals surface area contributed by atoms with Gasteiger partial charge in [-0.25, -0.2) is 14.0 Å². The number of carboxylic acid groups (broad SMARTS) is 1. The molecule has 0 saturated carbocycles. The zero-order chi connectivity index (χ0) is 24.9. The van der Waals surface area contributed by atoms with E-state index >= 15 is 0 Å². The van der Waals surface area contributed by atoms with E-state index in [4.69, 9.17) is 9.15 Å². The molecule has 5 heterocycles. The highest BCUT2D eigenvalue weighted by molar-refractivity contribution is 5.94. The van der Waals surface area contributed by atoms with E-state index in [1.54, 1.807) is 4.90 Å². The Labute approximate surface area is 195 Å². The molecule has 0 radical (unpaired) electrons. The predicted octanol–water partition coefficient (Wildman–Crippen LogP) is 3.50. The van der Waals surface area contributed by atoms with Crippen molar-refractivity contribution in [2.45, 2.75) is 31.5 Å². The van der Waals surface area contributed by atoms with Gasteiger partial charge in [0.15, 0.2) is 16.8 Å². The lowest BCUT2D eigenvalue weighted by atomic mass is 9.88. The summed E-state index contributed by atoms with van der Waals surface area (Å²) >= 11 is 0. The number of ether oxygens (including phenoxy) is 2. The monoisotopic (exact) mass is 492 g/mol. The van der Waals surface area contributed by atoms with Crippen LogP contribution in [-0.4, -0.2) is 69.9 Å². The van der Waals surface area contributed by atoms with Crippen molar-refractivity contribution in [3.63, 3.8) is 0 Å². The van der Waals surface area contributed by atoms with E-state index in [1.807, 2.05) is 0 Å². The number of anilines is 1. The van der Waals surface area contributed by atoms with E-state index in [2.05, 4.69) is 14.7 Å². The average molecular weight is 492 g/mol. The molecule has 1 amide bonds. The molecular weight excluding hydrogens is 473 g/mol. The fourth-order valence-electron chi connectivity index (χ4n) is 4.40. The Kier molecular flexibility index (Phi) is 5.41. The quantitative estimate of drug-likeness (QED) is 0.516. The van der Waals surface area contributed by atoms with Gasteiger partial charge in [-0.3, -0.25) is 9.88 Å². The van der Waals surface area contributed by atoms with Crippen molar-refractivity contribution < 1.29 is 41.8 Å². The molecule has 3 aliphatic heterocycles. The Morgan fingerprint density at radius 1 is 1.23 bits per heavy atom. The molecule has 2 bridgehead atoms. The first-order chi connectivity index (χ1) is 16.7. The third-order valence-corrected chi connectivity index (χ3v) is 5.93. The highest BCUT2D eigenvalue weighted by Crippen LogP contribution is 2.40. The largest absolute Gasteiger partial charge is 0.502 e. The molecule has 2 aromatic heterocycles. The smallest absolute Gasteiger partial charge is 0.465 e. The van der Waals surface area contributed by atoms with Crippen LogP contribution < -0.4 is 9.64 Å². The molecule has 3 fully saturated rings. The second kappa shape index (κ2) is 8.32. The zero-order valence-electron chi connectivity index (χ0n) is 18.3. The lowest BCUT2D eigenvalue weighted by molar-refractivity contribution is -0.216. The van der Waals surface area contributed by atoms with Crippen molar-refractivity contribution >= 4 is 29.2 Å². The van der Waals surface area contributed by atoms with Gasteiger partial charge < -0.3 is 23.9 Å². The standard InChI is InChI=1S/C22H19F3N4O6/c1-2-33-19(30)22(24,25)35-16-6-4-14(15-5-3-11(23)8-26-15)18-17(16)27-20(34-18)28-9-12-7-13(10-28)29(12)21(31)32/h3-6,8,12-13H,2,7,9-10H2,1H3,(H,31,32). The molecule has 2 atom stereocenters. The molecule has 3 aromatic rings. The second-order valence-corrected chi connectivity index (χ2v) is 8.12. The minimum Gasteiger partial charge on any atom is -0.465 e. The van der Waals surface area contributed by atoms with Crippen LogP contribution in [0.5, 0.6) is 5.75 Å². The van der Waals surface area contributed by atoms with Crippen molar-refractivity contribution in [3.8, 4) is 17.0 Å². The summed E-state index contributed by atoms with van der Waals surface area (Å²) in [7, 11) is 0. The van der Waals surface area contributed by atoms with Gasteiger partial charge >= 0.3 is 18.2 Å². The molecule has 1 N–H and O–H groups in total. The number of amides is 1. The van der Waals surface area contributed by atoms with Crippen LogP contribution in [0, 0.1) is 5.82 Å². The minimum absolute atomic E-state index is 0.0330. The van der Waals surface area contributed by atoms with Gasteiger partial charge in [-0.05, 0) is 37.6 Å². The molecule has 35 heavy (non-hydrogen) atoms. The molecule has 0 aliphatic carbocycles. The van der Waals surface area contributed by atoms with Crippen molar-refractivity contribution in [2.24, 2.45) is 0 Å². The summed E-state index contributed by atoms with van der Waals surface area (Å²) in [6, 6.07) is 4.71. The number of pyridine rings is 1. The van der Waals surface area contributed by atoms with E-state index in [9.17, 15) is 27.9 Å². The molecule has 6 rings (SSSR count).